The summed E-state index contributed by atoms with van der Waals surface area (Å²) < 4.78 is 5.87. The molecule has 0 aromatic carbocycles. The van der Waals surface area contributed by atoms with Gasteiger partial charge in [-0.25, -0.2) is 0 Å². The molecule has 1 heterocycles. The third-order valence-electron chi connectivity index (χ3n) is 5.97. The van der Waals surface area contributed by atoms with Crippen LogP contribution >= 0.6 is 24.0 Å². The van der Waals surface area contributed by atoms with Crippen LogP contribution in [0.5, 0.6) is 0 Å². The smallest absolute Gasteiger partial charge is 0.191 e. The Bertz CT molecular complexity index is 405. The molecule has 3 fully saturated rings. The maximum Gasteiger partial charge on any atom is 0.191 e. The second-order valence-electron chi connectivity index (χ2n) is 7.86. The number of hydrogen-bond acceptors (Lipinski definition) is 2. The van der Waals surface area contributed by atoms with Crippen LogP contribution in [0.4, 0.5) is 0 Å². The summed E-state index contributed by atoms with van der Waals surface area (Å²) in [6.45, 7) is 7.91. The summed E-state index contributed by atoms with van der Waals surface area (Å²) in [4.78, 5) is 4.46. The van der Waals surface area contributed by atoms with Gasteiger partial charge >= 0.3 is 0 Å². The monoisotopic (exact) mass is 421 g/mol. The summed E-state index contributed by atoms with van der Waals surface area (Å²) in [5, 5.41) is 7.32. The molecular weight excluding hydrogens is 389 g/mol. The highest BCUT2D eigenvalue weighted by molar-refractivity contribution is 14.0. The molecule has 2 saturated carbocycles. The Hall–Kier alpha value is -0.0400. The Balaban J connectivity index is 0.00000176. The van der Waals surface area contributed by atoms with E-state index in [2.05, 4.69) is 36.4 Å². The number of hydrogen-bond donors (Lipinski definition) is 2. The van der Waals surface area contributed by atoms with Crippen molar-refractivity contribution in [2.24, 2.45) is 22.2 Å². The van der Waals surface area contributed by atoms with Crippen molar-refractivity contribution in [1.29, 1.82) is 0 Å². The van der Waals surface area contributed by atoms with E-state index in [4.69, 9.17) is 4.74 Å². The van der Waals surface area contributed by atoms with Crippen LogP contribution in [0.2, 0.25) is 0 Å². The molecule has 128 valence electrons. The van der Waals surface area contributed by atoms with Crippen LogP contribution in [-0.4, -0.2) is 37.8 Å². The largest absolute Gasteiger partial charge is 0.377 e. The molecule has 0 radical (unpaired) electrons. The van der Waals surface area contributed by atoms with E-state index in [0.717, 1.165) is 18.5 Å². The van der Waals surface area contributed by atoms with Gasteiger partial charge in [-0.15, -0.1) is 24.0 Å². The highest BCUT2D eigenvalue weighted by Crippen LogP contribution is 2.52. The van der Waals surface area contributed by atoms with Crippen LogP contribution in [0, 0.1) is 17.3 Å². The van der Waals surface area contributed by atoms with E-state index in [-0.39, 0.29) is 29.4 Å². The Labute approximate surface area is 152 Å². The van der Waals surface area contributed by atoms with Crippen molar-refractivity contribution < 1.29 is 4.74 Å². The van der Waals surface area contributed by atoms with Crippen molar-refractivity contribution in [2.45, 2.75) is 71.1 Å². The molecule has 2 aliphatic carbocycles. The average molecular weight is 421 g/mol. The molecule has 3 unspecified atom stereocenters. The predicted molar refractivity (Wildman–Crippen MR) is 102 cm³/mol. The van der Waals surface area contributed by atoms with E-state index in [1.165, 1.54) is 32.1 Å². The normalized spacial score (nSPS) is 40.2. The van der Waals surface area contributed by atoms with E-state index in [1.807, 2.05) is 7.05 Å². The highest BCUT2D eigenvalue weighted by atomic mass is 127. The van der Waals surface area contributed by atoms with Gasteiger partial charge in [-0.05, 0) is 38.0 Å². The minimum absolute atomic E-state index is 0. The topological polar surface area (TPSA) is 45.7 Å². The molecular formula is C17H32IN3O. The molecule has 0 amide bonds. The van der Waals surface area contributed by atoms with Crippen molar-refractivity contribution in [3.05, 3.63) is 0 Å². The fraction of sp³-hybridized carbons (Fsp3) is 0.941. The summed E-state index contributed by atoms with van der Waals surface area (Å²) >= 11 is 0. The molecule has 0 spiro atoms. The molecule has 1 aliphatic heterocycles. The fourth-order valence-electron chi connectivity index (χ4n) is 4.53. The van der Waals surface area contributed by atoms with Gasteiger partial charge in [-0.3, -0.25) is 4.99 Å². The Morgan fingerprint density at radius 3 is 2.41 bits per heavy atom. The maximum absolute atomic E-state index is 5.87. The molecule has 3 rings (SSSR count). The van der Waals surface area contributed by atoms with Gasteiger partial charge in [0.2, 0.25) is 0 Å². The third kappa shape index (κ3) is 3.40. The maximum atomic E-state index is 5.87. The first-order valence-electron chi connectivity index (χ1n) is 8.64. The van der Waals surface area contributed by atoms with E-state index < -0.39 is 0 Å². The second-order valence-corrected chi connectivity index (χ2v) is 7.86. The number of nitrogens with one attached hydrogen (secondary N) is 2. The van der Waals surface area contributed by atoms with Crippen LogP contribution < -0.4 is 10.6 Å². The van der Waals surface area contributed by atoms with Crippen LogP contribution in [0.3, 0.4) is 0 Å². The lowest BCUT2D eigenvalue weighted by Crippen LogP contribution is -2.68. The van der Waals surface area contributed by atoms with Gasteiger partial charge in [-0.1, -0.05) is 20.8 Å². The van der Waals surface area contributed by atoms with Gasteiger partial charge in [-0.2, -0.15) is 0 Å². The molecule has 5 heteroatoms. The Morgan fingerprint density at radius 2 is 1.77 bits per heavy atom. The van der Waals surface area contributed by atoms with Crippen LogP contribution in [0.15, 0.2) is 4.99 Å². The number of aliphatic imine (C=N–C) groups is 1. The molecule has 3 aliphatic rings. The highest BCUT2D eigenvalue weighted by Gasteiger charge is 2.59. The van der Waals surface area contributed by atoms with Gasteiger partial charge in [0, 0.05) is 37.1 Å². The zero-order chi connectivity index (χ0) is 15.0. The van der Waals surface area contributed by atoms with Crippen LogP contribution in [0.1, 0.15) is 52.9 Å². The van der Waals surface area contributed by atoms with Crippen LogP contribution in [-0.2, 0) is 4.74 Å². The predicted octanol–water partition coefficient (Wildman–Crippen LogP) is 3.16. The number of guanidine groups is 1. The average Bonchev–Trinajstić information content (AvgIpc) is 2.92. The summed E-state index contributed by atoms with van der Waals surface area (Å²) in [5.74, 6) is 2.53. The minimum atomic E-state index is 0. The van der Waals surface area contributed by atoms with Gasteiger partial charge in [0.15, 0.2) is 5.96 Å². The third-order valence-corrected chi connectivity index (χ3v) is 5.97. The molecule has 1 saturated heterocycles. The van der Waals surface area contributed by atoms with Crippen molar-refractivity contribution >= 4 is 29.9 Å². The summed E-state index contributed by atoms with van der Waals surface area (Å²) in [6.07, 6.45) is 6.83. The molecule has 0 aromatic heterocycles. The fourth-order valence-corrected chi connectivity index (χ4v) is 4.53. The number of nitrogens with zero attached hydrogens (tertiary/aromatic N) is 1. The Kier molecular flexibility index (Phi) is 6.02. The lowest BCUT2D eigenvalue weighted by Gasteiger charge is -2.55. The minimum Gasteiger partial charge on any atom is -0.377 e. The van der Waals surface area contributed by atoms with Gasteiger partial charge in [0.1, 0.15) is 0 Å². The lowest BCUT2D eigenvalue weighted by molar-refractivity contribution is -0.106. The van der Waals surface area contributed by atoms with E-state index in [9.17, 15) is 0 Å². The van der Waals surface area contributed by atoms with Crippen molar-refractivity contribution in [2.75, 3.05) is 13.7 Å². The first-order chi connectivity index (χ1) is 10.0. The van der Waals surface area contributed by atoms with Gasteiger partial charge in [0.25, 0.3) is 0 Å². The van der Waals surface area contributed by atoms with E-state index >= 15 is 0 Å². The summed E-state index contributed by atoms with van der Waals surface area (Å²) in [5.41, 5.74) is 0.208. The standard InChI is InChI=1S/C17H31N3O.HI/c1-11-5-7-12(8-6-11)19-16(18-4)20-14-13-9-10-21-15(13)17(14,2)3;/h11-15H,5-10H2,1-4H3,(H2,18,19,20);1H. The van der Waals surface area contributed by atoms with Crippen molar-refractivity contribution in [3.63, 3.8) is 0 Å². The SMILES string of the molecule is CN=C(NC1CCC(C)CC1)NC1C2CCOC2C1(C)C.I. The quantitative estimate of drug-likeness (QED) is 0.409. The second kappa shape index (κ2) is 7.24. The molecule has 2 N–H and O–H groups in total. The van der Waals surface area contributed by atoms with Crippen molar-refractivity contribution in [3.8, 4) is 0 Å². The molecule has 3 atom stereocenters. The van der Waals surface area contributed by atoms with Crippen molar-refractivity contribution in [1.82, 2.24) is 10.6 Å². The van der Waals surface area contributed by atoms with Gasteiger partial charge in [0.05, 0.1) is 6.10 Å². The van der Waals surface area contributed by atoms with Crippen LogP contribution in [0.25, 0.3) is 0 Å². The van der Waals surface area contributed by atoms with E-state index in [1.54, 1.807) is 0 Å². The zero-order valence-electron chi connectivity index (χ0n) is 14.4. The molecule has 0 aromatic rings. The first kappa shape index (κ1) is 18.3. The molecule has 0 bridgehead atoms. The number of fused-ring (bicyclic) bond motifs is 1. The number of halogens is 1. The first-order valence-corrected chi connectivity index (χ1v) is 8.64. The number of rotatable bonds is 2. The van der Waals surface area contributed by atoms with E-state index in [0.29, 0.717) is 24.1 Å². The summed E-state index contributed by atoms with van der Waals surface area (Å²) in [6, 6.07) is 1.07. The Morgan fingerprint density at radius 1 is 1.09 bits per heavy atom. The molecule has 4 nitrogen and oxygen atoms in total. The van der Waals surface area contributed by atoms with Gasteiger partial charge < -0.3 is 15.4 Å². The zero-order valence-corrected chi connectivity index (χ0v) is 16.7. The summed E-state index contributed by atoms with van der Waals surface area (Å²) in [7, 11) is 1.88. The molecule has 22 heavy (non-hydrogen) atoms. The lowest BCUT2D eigenvalue weighted by atomic mass is 9.57. The number of ether oxygens (including phenoxy) is 1.